The number of nitrogens with zero attached hydrogens (tertiary/aromatic N) is 1. The number of sulfonamides is 1. The molecule has 152 valence electrons. The summed E-state index contributed by atoms with van der Waals surface area (Å²) < 4.78 is 42.2. The first-order valence-electron chi connectivity index (χ1n) is 9.76. The highest BCUT2D eigenvalue weighted by molar-refractivity contribution is 7.90. The summed E-state index contributed by atoms with van der Waals surface area (Å²) >= 11 is 0. The van der Waals surface area contributed by atoms with Crippen LogP contribution in [0.5, 0.6) is 0 Å². The van der Waals surface area contributed by atoms with Gasteiger partial charge in [0.05, 0.1) is 12.2 Å². The van der Waals surface area contributed by atoms with Crippen molar-refractivity contribution in [3.05, 3.63) is 95.3 Å². The number of guanidine groups is 1. The number of para-hydroxylation sites is 1. The molecule has 0 aromatic heterocycles. The van der Waals surface area contributed by atoms with E-state index in [2.05, 4.69) is 27.2 Å². The fraction of sp³-hybridized carbons (Fsp3) is 0.174. The van der Waals surface area contributed by atoms with Crippen LogP contribution in [0.15, 0.2) is 82.7 Å². The molecule has 5 nitrogen and oxygen atoms in total. The zero-order chi connectivity index (χ0) is 20.8. The Kier molecular flexibility index (Phi) is 4.36. The molecule has 0 saturated heterocycles. The second-order valence-corrected chi connectivity index (χ2v) is 9.26. The number of halogens is 1. The minimum atomic E-state index is -3.78. The number of hydrogen-bond acceptors (Lipinski definition) is 3. The average molecular weight is 421 g/mol. The minimum Gasteiger partial charge on any atom is -0.324 e. The summed E-state index contributed by atoms with van der Waals surface area (Å²) in [6.45, 7) is 0.0266. The smallest absolute Gasteiger partial charge is 0.266 e. The third-order valence-corrected chi connectivity index (χ3v) is 7.13. The summed E-state index contributed by atoms with van der Waals surface area (Å²) in [6.07, 6.45) is 1.90. The monoisotopic (exact) mass is 421 g/mol. The molecule has 0 amide bonds. The molecule has 5 rings (SSSR count). The van der Waals surface area contributed by atoms with Crippen molar-refractivity contribution in [2.24, 2.45) is 4.99 Å². The Bertz CT molecular complexity index is 1250. The topological polar surface area (TPSA) is 70.6 Å². The fourth-order valence-corrected chi connectivity index (χ4v) is 5.23. The van der Waals surface area contributed by atoms with Crippen molar-refractivity contribution < 1.29 is 12.8 Å². The van der Waals surface area contributed by atoms with Gasteiger partial charge >= 0.3 is 0 Å². The van der Waals surface area contributed by atoms with E-state index in [1.165, 1.54) is 11.6 Å². The number of fused-ring (bicyclic) bond motifs is 1. The van der Waals surface area contributed by atoms with Gasteiger partial charge in [0, 0.05) is 11.0 Å². The van der Waals surface area contributed by atoms with Gasteiger partial charge in [-0.1, -0.05) is 60.7 Å². The van der Waals surface area contributed by atoms with Crippen LogP contribution in [0.25, 0.3) is 0 Å². The van der Waals surface area contributed by atoms with E-state index in [1.54, 1.807) is 30.3 Å². The summed E-state index contributed by atoms with van der Waals surface area (Å²) in [4.78, 5) is 4.50. The molecule has 3 aromatic carbocycles. The lowest BCUT2D eigenvalue weighted by atomic mass is 9.87. The van der Waals surface area contributed by atoms with Crippen LogP contribution in [0.1, 0.15) is 29.5 Å². The predicted molar refractivity (Wildman–Crippen MR) is 114 cm³/mol. The van der Waals surface area contributed by atoms with E-state index in [0.29, 0.717) is 11.3 Å². The average Bonchev–Trinajstić information content (AvgIpc) is 3.55. The van der Waals surface area contributed by atoms with Gasteiger partial charge in [-0.15, -0.1) is 0 Å². The number of anilines is 1. The highest BCUT2D eigenvalue weighted by Gasteiger charge is 2.48. The van der Waals surface area contributed by atoms with E-state index in [1.807, 2.05) is 24.3 Å². The van der Waals surface area contributed by atoms with Crippen LogP contribution < -0.4 is 10.0 Å². The second-order valence-electron chi connectivity index (χ2n) is 7.61. The van der Waals surface area contributed by atoms with E-state index in [4.69, 9.17) is 0 Å². The largest absolute Gasteiger partial charge is 0.324 e. The maximum absolute atomic E-state index is 13.9. The van der Waals surface area contributed by atoms with Crippen molar-refractivity contribution in [3.8, 4) is 0 Å². The van der Waals surface area contributed by atoms with Crippen LogP contribution >= 0.6 is 0 Å². The molecule has 1 saturated carbocycles. The van der Waals surface area contributed by atoms with Crippen LogP contribution in [0, 0.1) is 5.82 Å². The van der Waals surface area contributed by atoms with Gasteiger partial charge in [0.2, 0.25) is 5.96 Å². The summed E-state index contributed by atoms with van der Waals surface area (Å²) in [5, 5.41) is 3.16. The molecule has 30 heavy (non-hydrogen) atoms. The molecule has 2 N–H and O–H groups in total. The van der Waals surface area contributed by atoms with Crippen molar-refractivity contribution in [2.75, 3.05) is 5.32 Å². The quantitative estimate of drug-likeness (QED) is 0.664. The molecule has 0 atom stereocenters. The number of rotatable bonds is 4. The molecule has 0 radical (unpaired) electrons. The van der Waals surface area contributed by atoms with Gasteiger partial charge in [-0.25, -0.2) is 22.5 Å². The molecule has 1 aliphatic heterocycles. The van der Waals surface area contributed by atoms with E-state index in [-0.39, 0.29) is 28.6 Å². The van der Waals surface area contributed by atoms with Gasteiger partial charge in [-0.2, -0.15) is 0 Å². The van der Waals surface area contributed by atoms with Crippen LogP contribution in [0.3, 0.4) is 0 Å². The first kappa shape index (κ1) is 18.8. The first-order chi connectivity index (χ1) is 14.5. The van der Waals surface area contributed by atoms with Crippen molar-refractivity contribution in [3.63, 3.8) is 0 Å². The molecule has 7 heteroatoms. The Morgan fingerprint density at radius 2 is 1.67 bits per heavy atom. The minimum absolute atomic E-state index is 0.0266. The van der Waals surface area contributed by atoms with Gasteiger partial charge in [-0.05, 0) is 36.1 Å². The molecular weight excluding hydrogens is 401 g/mol. The van der Waals surface area contributed by atoms with Crippen molar-refractivity contribution in [1.29, 1.82) is 0 Å². The molecular formula is C23H20FN3O2S. The van der Waals surface area contributed by atoms with Crippen molar-refractivity contribution in [1.82, 2.24) is 4.72 Å². The van der Waals surface area contributed by atoms with Gasteiger partial charge in [0.25, 0.3) is 10.0 Å². The Hall–Kier alpha value is -3.19. The molecule has 1 fully saturated rings. The normalized spacial score (nSPS) is 19.4. The summed E-state index contributed by atoms with van der Waals surface area (Å²) in [5.41, 5.74) is 2.84. The second kappa shape index (κ2) is 6.95. The molecule has 0 unspecified atom stereocenters. The van der Waals surface area contributed by atoms with Gasteiger partial charge in [-0.3, -0.25) is 0 Å². The van der Waals surface area contributed by atoms with Crippen LogP contribution in [-0.4, -0.2) is 14.4 Å². The lowest BCUT2D eigenvalue weighted by molar-refractivity contribution is 0.591. The fourth-order valence-electron chi connectivity index (χ4n) is 4.07. The van der Waals surface area contributed by atoms with Crippen molar-refractivity contribution >= 4 is 21.7 Å². The molecule has 0 bridgehead atoms. The third kappa shape index (κ3) is 3.15. The Morgan fingerprint density at radius 1 is 0.933 bits per heavy atom. The molecule has 1 aliphatic carbocycles. The zero-order valence-electron chi connectivity index (χ0n) is 16.1. The predicted octanol–water partition coefficient (Wildman–Crippen LogP) is 4.17. The maximum Gasteiger partial charge on any atom is 0.266 e. The molecule has 2 aliphatic rings. The Morgan fingerprint density at radius 3 is 2.40 bits per heavy atom. The van der Waals surface area contributed by atoms with E-state index >= 15 is 0 Å². The van der Waals surface area contributed by atoms with Crippen LogP contribution in [0.2, 0.25) is 0 Å². The summed E-state index contributed by atoms with van der Waals surface area (Å²) in [6, 6.07) is 21.8. The summed E-state index contributed by atoms with van der Waals surface area (Å²) in [7, 11) is -3.78. The van der Waals surface area contributed by atoms with Crippen LogP contribution in [0.4, 0.5) is 10.1 Å². The standard InChI is InChI=1S/C23H20FN3O2S/c24-19-11-5-4-7-16(19)15-25-22-26-21-18(10-6-12-20(21)30(28,29)27-22)23(13-14-23)17-8-2-1-3-9-17/h1-12H,13-15H2,(H2,25,26,27). The van der Waals surface area contributed by atoms with Gasteiger partial charge < -0.3 is 5.32 Å². The van der Waals surface area contributed by atoms with Gasteiger partial charge in [0.15, 0.2) is 0 Å². The lowest BCUT2D eigenvalue weighted by Crippen LogP contribution is -2.41. The number of aliphatic imine (C=N–C) groups is 1. The summed E-state index contributed by atoms with van der Waals surface area (Å²) in [5.74, 6) is -0.273. The SMILES string of the molecule is O=S1(=O)NC(=NCc2ccccc2F)Nc2c(C3(c4ccccc4)CC3)cccc21. The molecule has 1 heterocycles. The van der Waals surface area contributed by atoms with E-state index < -0.39 is 10.0 Å². The first-order valence-corrected chi connectivity index (χ1v) is 11.2. The van der Waals surface area contributed by atoms with E-state index in [0.717, 1.165) is 18.4 Å². The zero-order valence-corrected chi connectivity index (χ0v) is 16.9. The highest BCUT2D eigenvalue weighted by Crippen LogP contribution is 2.56. The third-order valence-electron chi connectivity index (χ3n) is 5.75. The number of hydrogen-bond donors (Lipinski definition) is 2. The van der Waals surface area contributed by atoms with Crippen molar-refractivity contribution in [2.45, 2.75) is 29.7 Å². The molecule has 3 aromatic rings. The lowest BCUT2D eigenvalue weighted by Gasteiger charge is -2.27. The maximum atomic E-state index is 13.9. The Labute approximate surface area is 174 Å². The van der Waals surface area contributed by atoms with E-state index in [9.17, 15) is 12.8 Å². The highest BCUT2D eigenvalue weighted by atomic mass is 32.2. The Balaban J connectivity index is 1.56. The van der Waals surface area contributed by atoms with Gasteiger partial charge in [0.1, 0.15) is 10.7 Å². The number of benzene rings is 3. The number of nitrogens with one attached hydrogen (secondary N) is 2. The molecule has 0 spiro atoms. The van der Waals surface area contributed by atoms with Crippen LogP contribution in [-0.2, 0) is 22.0 Å².